The number of thioether (sulfide) groups is 1. The van der Waals surface area contributed by atoms with Gasteiger partial charge in [0.1, 0.15) is 17.2 Å². The number of fused-ring (bicyclic) bond motifs is 1. The number of amides is 2. The Morgan fingerprint density at radius 3 is 2.21 bits per heavy atom. The first-order valence-electron chi connectivity index (χ1n) is 10.0. The maximum Gasteiger partial charge on any atom is 1.00 e. The maximum atomic E-state index is 13.2. The molecule has 0 aromatic heterocycles. The molecular weight excluding hydrogens is 455 g/mol. The Balaban J connectivity index is 0.00000306. The smallest absolute Gasteiger partial charge is 0.548 e. The number of esters is 1. The third-order valence-electron chi connectivity index (χ3n) is 5.55. The number of aliphatic carboxylic acids is 1. The number of rotatable bonds is 6. The van der Waals surface area contributed by atoms with Gasteiger partial charge in [0.2, 0.25) is 11.8 Å². The van der Waals surface area contributed by atoms with Crippen LogP contribution < -0.4 is 44.7 Å². The monoisotopic (exact) mass is 476 g/mol. The van der Waals surface area contributed by atoms with E-state index in [0.717, 1.165) is 0 Å². The standard InChI is InChI=1S/C23H22N2O6S.Na/c1-23(2)17(21(28)29)25-19(27)16(20(25)32-23)24-18(26)15(13-9-5-3-6-10-13)22(30)31-14-11-7-4-8-12-14;/h3-12,15-17,20H,1-2H3,(H,24,26)(H,28,29);/q;+1/p-1/t15?,16?,17?,20-;/m1./s1. The summed E-state index contributed by atoms with van der Waals surface area (Å²) in [4.78, 5) is 51.6. The minimum atomic E-state index is -1.34. The molecule has 2 aromatic carbocycles. The van der Waals surface area contributed by atoms with E-state index in [1.165, 1.54) is 16.7 Å². The number of para-hydroxylation sites is 1. The molecule has 0 bridgehead atoms. The van der Waals surface area contributed by atoms with Gasteiger partial charge in [0.05, 0.1) is 12.0 Å². The van der Waals surface area contributed by atoms with Crippen LogP contribution in [0.2, 0.25) is 0 Å². The summed E-state index contributed by atoms with van der Waals surface area (Å²) in [6, 6.07) is 14.8. The molecular formula is C23H21N2NaO6S. The van der Waals surface area contributed by atoms with E-state index in [-0.39, 0.29) is 29.6 Å². The number of carbonyl (C=O) groups excluding carboxylic acids is 4. The molecule has 2 aromatic rings. The van der Waals surface area contributed by atoms with Crippen molar-refractivity contribution in [2.24, 2.45) is 0 Å². The second-order valence-corrected chi connectivity index (χ2v) is 9.91. The molecule has 2 fully saturated rings. The zero-order valence-corrected chi connectivity index (χ0v) is 21.2. The molecule has 0 spiro atoms. The minimum Gasteiger partial charge on any atom is -0.548 e. The predicted molar refractivity (Wildman–Crippen MR) is 114 cm³/mol. The van der Waals surface area contributed by atoms with Crippen molar-refractivity contribution in [2.75, 3.05) is 0 Å². The molecule has 2 amide bonds. The Bertz CT molecular complexity index is 1070. The van der Waals surface area contributed by atoms with Crippen molar-refractivity contribution >= 4 is 35.5 Å². The topological polar surface area (TPSA) is 116 Å². The van der Waals surface area contributed by atoms with Gasteiger partial charge in [0.25, 0.3) is 0 Å². The molecule has 0 aliphatic carbocycles. The van der Waals surface area contributed by atoms with Crippen molar-refractivity contribution in [1.29, 1.82) is 0 Å². The molecule has 0 radical (unpaired) electrons. The van der Waals surface area contributed by atoms with E-state index >= 15 is 0 Å². The van der Waals surface area contributed by atoms with Crippen molar-refractivity contribution in [3.8, 4) is 5.75 Å². The summed E-state index contributed by atoms with van der Waals surface area (Å²) in [6.07, 6.45) is 0. The van der Waals surface area contributed by atoms with E-state index in [1.807, 2.05) is 0 Å². The normalized spacial score (nSPS) is 23.4. The van der Waals surface area contributed by atoms with Crippen LogP contribution in [0.1, 0.15) is 25.3 Å². The first-order chi connectivity index (χ1) is 15.2. The van der Waals surface area contributed by atoms with E-state index in [0.29, 0.717) is 11.3 Å². The molecule has 2 aliphatic heterocycles. The van der Waals surface area contributed by atoms with Gasteiger partial charge in [0.15, 0.2) is 5.92 Å². The quantitative estimate of drug-likeness (QED) is 0.164. The molecule has 8 nitrogen and oxygen atoms in total. The predicted octanol–water partition coefficient (Wildman–Crippen LogP) is -2.32. The summed E-state index contributed by atoms with van der Waals surface area (Å²) in [7, 11) is 0. The van der Waals surface area contributed by atoms with E-state index in [4.69, 9.17) is 4.74 Å². The summed E-state index contributed by atoms with van der Waals surface area (Å²) in [6.45, 7) is 3.43. The fraction of sp³-hybridized carbons (Fsp3) is 0.304. The van der Waals surface area contributed by atoms with Crippen LogP contribution in [-0.2, 0) is 19.2 Å². The summed E-state index contributed by atoms with van der Waals surface area (Å²) < 4.78 is 4.62. The molecule has 4 rings (SSSR count). The Morgan fingerprint density at radius 1 is 1.06 bits per heavy atom. The van der Waals surface area contributed by atoms with Crippen LogP contribution >= 0.6 is 11.8 Å². The first kappa shape index (κ1) is 25.3. The third kappa shape index (κ3) is 4.82. The second kappa shape index (κ2) is 9.89. The Labute approximate surface area is 217 Å². The number of hydrogen-bond donors (Lipinski definition) is 1. The molecule has 166 valence electrons. The zero-order valence-electron chi connectivity index (χ0n) is 18.4. The van der Waals surface area contributed by atoms with Crippen molar-refractivity contribution in [3.63, 3.8) is 0 Å². The van der Waals surface area contributed by atoms with Crippen molar-refractivity contribution in [3.05, 3.63) is 66.2 Å². The number of carboxylic acids is 1. The van der Waals surface area contributed by atoms with Crippen LogP contribution in [0.3, 0.4) is 0 Å². The summed E-state index contributed by atoms with van der Waals surface area (Å²) >= 11 is 1.28. The largest absolute Gasteiger partial charge is 1.00 e. The van der Waals surface area contributed by atoms with Gasteiger partial charge >= 0.3 is 35.5 Å². The van der Waals surface area contributed by atoms with Crippen LogP contribution in [0, 0.1) is 0 Å². The number of carbonyl (C=O) groups is 4. The Kier molecular flexibility index (Phi) is 7.58. The fourth-order valence-electron chi connectivity index (χ4n) is 4.07. The second-order valence-electron chi connectivity index (χ2n) is 8.14. The van der Waals surface area contributed by atoms with Gasteiger partial charge in [-0.15, -0.1) is 11.8 Å². The van der Waals surface area contributed by atoms with Gasteiger partial charge in [-0.3, -0.25) is 14.4 Å². The van der Waals surface area contributed by atoms with Gasteiger partial charge in [-0.05, 0) is 31.5 Å². The molecule has 2 heterocycles. The summed E-state index contributed by atoms with van der Waals surface area (Å²) in [5, 5.41) is 13.7. The molecule has 4 atom stereocenters. The average Bonchev–Trinajstić information content (AvgIpc) is 3.01. The number of nitrogens with one attached hydrogen (secondary N) is 1. The number of β-lactam (4-membered cyclic amide) rings is 1. The Morgan fingerprint density at radius 2 is 1.64 bits per heavy atom. The summed E-state index contributed by atoms with van der Waals surface area (Å²) in [5.74, 6) is -4.33. The van der Waals surface area contributed by atoms with Crippen LogP contribution in [0.4, 0.5) is 0 Å². The van der Waals surface area contributed by atoms with E-state index in [1.54, 1.807) is 74.5 Å². The zero-order chi connectivity index (χ0) is 23.0. The third-order valence-corrected chi connectivity index (χ3v) is 7.13. The molecule has 33 heavy (non-hydrogen) atoms. The van der Waals surface area contributed by atoms with Gasteiger partial charge in [-0.25, -0.2) is 0 Å². The van der Waals surface area contributed by atoms with Crippen LogP contribution in [0.15, 0.2) is 60.7 Å². The van der Waals surface area contributed by atoms with Crippen molar-refractivity contribution in [2.45, 2.75) is 42.0 Å². The molecule has 10 heteroatoms. The molecule has 0 saturated carbocycles. The van der Waals surface area contributed by atoms with Crippen molar-refractivity contribution in [1.82, 2.24) is 10.2 Å². The number of ether oxygens (including phenoxy) is 1. The minimum absolute atomic E-state index is 0. The number of nitrogens with zero attached hydrogens (tertiary/aromatic N) is 1. The van der Waals surface area contributed by atoms with Gasteiger partial charge in [-0.2, -0.15) is 0 Å². The number of carboxylic acid groups (broad SMARTS) is 1. The maximum absolute atomic E-state index is 13.2. The SMILES string of the molecule is CC1(C)S[C@@H]2C(NC(=O)C(C(=O)Oc3ccccc3)c3ccccc3)C(=O)N2C1C(=O)[O-].[Na+]. The fourth-order valence-corrected chi connectivity index (χ4v) is 5.69. The van der Waals surface area contributed by atoms with Crippen LogP contribution in [0.25, 0.3) is 0 Å². The Hall–Kier alpha value is -2.33. The van der Waals surface area contributed by atoms with E-state index < -0.39 is 51.9 Å². The molecule has 2 saturated heterocycles. The molecule has 3 unspecified atom stereocenters. The number of hydrogen-bond acceptors (Lipinski definition) is 7. The first-order valence-corrected chi connectivity index (χ1v) is 10.9. The van der Waals surface area contributed by atoms with E-state index in [2.05, 4.69) is 5.32 Å². The average molecular weight is 476 g/mol. The van der Waals surface area contributed by atoms with Gasteiger partial charge in [-0.1, -0.05) is 48.5 Å². The number of benzene rings is 2. The van der Waals surface area contributed by atoms with Crippen LogP contribution in [-0.4, -0.2) is 50.9 Å². The van der Waals surface area contributed by atoms with Crippen LogP contribution in [0.5, 0.6) is 5.75 Å². The van der Waals surface area contributed by atoms with E-state index in [9.17, 15) is 24.3 Å². The summed E-state index contributed by atoms with van der Waals surface area (Å²) in [5.41, 5.74) is 0.418. The molecule has 1 N–H and O–H groups in total. The molecule has 2 aliphatic rings. The van der Waals surface area contributed by atoms with Gasteiger partial charge in [0, 0.05) is 4.75 Å². The van der Waals surface area contributed by atoms with Crippen molar-refractivity contribution < 1.29 is 58.6 Å². The van der Waals surface area contributed by atoms with Gasteiger partial charge < -0.3 is 24.9 Å².